The summed E-state index contributed by atoms with van der Waals surface area (Å²) < 4.78 is 2.13. The number of hydrogen-bond donors (Lipinski definition) is 0. The van der Waals surface area contributed by atoms with Crippen LogP contribution in [0.2, 0.25) is 0 Å². The molecule has 0 atom stereocenters. The number of rotatable bonds is 5. The van der Waals surface area contributed by atoms with Crippen molar-refractivity contribution in [1.82, 2.24) is 19.4 Å². The van der Waals surface area contributed by atoms with Crippen LogP contribution >= 0.6 is 0 Å². The van der Waals surface area contributed by atoms with Gasteiger partial charge in [0, 0.05) is 65.1 Å². The van der Waals surface area contributed by atoms with Gasteiger partial charge in [0.2, 0.25) is 0 Å². The van der Waals surface area contributed by atoms with Crippen LogP contribution < -0.4 is 0 Å². The maximum Gasteiger partial charge on any atom is 0.109 e. The fourth-order valence-electron chi connectivity index (χ4n) is 3.13. The quantitative estimate of drug-likeness (QED) is 0.801. The highest BCUT2D eigenvalue weighted by Crippen LogP contribution is 2.27. The third kappa shape index (κ3) is 3.37. The molecule has 1 saturated heterocycles. The maximum atomic E-state index is 4.40. The Morgan fingerprint density at radius 1 is 1.16 bits per heavy atom. The van der Waals surface area contributed by atoms with Crippen LogP contribution in [-0.2, 0) is 13.5 Å². The molecule has 1 saturated carbocycles. The molecule has 106 valence electrons. The zero-order valence-corrected chi connectivity index (χ0v) is 12.1. The van der Waals surface area contributed by atoms with E-state index in [9.17, 15) is 0 Å². The van der Waals surface area contributed by atoms with Crippen molar-refractivity contribution in [2.45, 2.75) is 25.7 Å². The van der Waals surface area contributed by atoms with E-state index < -0.39 is 0 Å². The molecule has 1 aromatic heterocycles. The van der Waals surface area contributed by atoms with E-state index in [4.69, 9.17) is 0 Å². The molecule has 1 aliphatic heterocycles. The van der Waals surface area contributed by atoms with Crippen molar-refractivity contribution in [2.75, 3.05) is 39.3 Å². The first kappa shape index (κ1) is 13.1. The number of aromatic nitrogens is 2. The van der Waals surface area contributed by atoms with E-state index in [0.717, 1.165) is 18.9 Å². The number of imidazole rings is 1. The van der Waals surface area contributed by atoms with Gasteiger partial charge >= 0.3 is 0 Å². The van der Waals surface area contributed by atoms with Crippen LogP contribution in [0.15, 0.2) is 12.4 Å². The minimum Gasteiger partial charge on any atom is -0.338 e. The highest BCUT2D eigenvalue weighted by molar-refractivity contribution is 4.92. The van der Waals surface area contributed by atoms with Crippen molar-refractivity contribution in [3.05, 3.63) is 18.2 Å². The fraction of sp³-hybridized carbons (Fsp3) is 0.800. The van der Waals surface area contributed by atoms with E-state index in [1.165, 1.54) is 57.8 Å². The Balaban J connectivity index is 1.37. The minimum absolute atomic E-state index is 1.01. The maximum absolute atomic E-state index is 4.40. The molecule has 0 aromatic carbocycles. The molecule has 0 amide bonds. The van der Waals surface area contributed by atoms with Crippen molar-refractivity contribution >= 4 is 0 Å². The van der Waals surface area contributed by atoms with E-state index >= 15 is 0 Å². The normalized spacial score (nSPS) is 22.6. The molecular weight excluding hydrogens is 236 g/mol. The van der Waals surface area contributed by atoms with Crippen LogP contribution in [0.3, 0.4) is 0 Å². The largest absolute Gasteiger partial charge is 0.338 e. The van der Waals surface area contributed by atoms with Crippen LogP contribution in [0.5, 0.6) is 0 Å². The summed E-state index contributed by atoms with van der Waals surface area (Å²) in [5.74, 6) is 2.22. The molecule has 2 heterocycles. The monoisotopic (exact) mass is 262 g/mol. The first-order valence-corrected chi connectivity index (χ1v) is 7.72. The summed E-state index contributed by atoms with van der Waals surface area (Å²) in [6.07, 6.45) is 9.41. The highest BCUT2D eigenvalue weighted by Gasteiger charge is 2.23. The Bertz CT molecular complexity index is 389. The number of piperazine rings is 1. The highest BCUT2D eigenvalue weighted by atomic mass is 15.3. The van der Waals surface area contributed by atoms with Crippen LogP contribution in [0.4, 0.5) is 0 Å². The Hall–Kier alpha value is -0.870. The summed E-state index contributed by atoms with van der Waals surface area (Å²) in [4.78, 5) is 9.66. The van der Waals surface area contributed by atoms with Gasteiger partial charge in [-0.05, 0) is 18.8 Å². The summed E-state index contributed by atoms with van der Waals surface area (Å²) in [5.41, 5.74) is 0. The second-order valence-corrected chi connectivity index (χ2v) is 6.14. The minimum atomic E-state index is 1.01. The third-order valence-corrected chi connectivity index (χ3v) is 4.78. The fourth-order valence-corrected chi connectivity index (χ4v) is 3.13. The molecule has 0 spiro atoms. The van der Waals surface area contributed by atoms with Crippen LogP contribution in [0, 0.1) is 5.92 Å². The van der Waals surface area contributed by atoms with Gasteiger partial charge in [-0.3, -0.25) is 0 Å². The number of hydrogen-bond acceptors (Lipinski definition) is 3. The van der Waals surface area contributed by atoms with Crippen LogP contribution in [0.1, 0.15) is 25.1 Å². The first-order valence-electron chi connectivity index (χ1n) is 7.72. The lowest BCUT2D eigenvalue weighted by Gasteiger charge is -2.38. The molecule has 3 rings (SSSR count). The second kappa shape index (κ2) is 6.06. The molecule has 19 heavy (non-hydrogen) atoms. The molecule has 1 aromatic rings. The van der Waals surface area contributed by atoms with Gasteiger partial charge in [0.1, 0.15) is 5.82 Å². The van der Waals surface area contributed by atoms with E-state index in [1.54, 1.807) is 0 Å². The molecule has 0 bridgehead atoms. The van der Waals surface area contributed by atoms with Gasteiger partial charge in [0.15, 0.2) is 0 Å². The summed E-state index contributed by atoms with van der Waals surface area (Å²) in [5, 5.41) is 0. The van der Waals surface area contributed by atoms with Gasteiger partial charge in [-0.1, -0.05) is 6.42 Å². The summed E-state index contributed by atoms with van der Waals surface area (Å²) in [6, 6.07) is 0. The van der Waals surface area contributed by atoms with Crippen molar-refractivity contribution in [1.29, 1.82) is 0 Å². The molecule has 2 fully saturated rings. The molecule has 1 aliphatic carbocycles. The molecule has 0 N–H and O–H groups in total. The van der Waals surface area contributed by atoms with Gasteiger partial charge < -0.3 is 14.4 Å². The number of nitrogens with zero attached hydrogens (tertiary/aromatic N) is 4. The van der Waals surface area contributed by atoms with Crippen LogP contribution in [0.25, 0.3) is 0 Å². The Morgan fingerprint density at radius 3 is 2.47 bits per heavy atom. The van der Waals surface area contributed by atoms with E-state index in [2.05, 4.69) is 26.4 Å². The topological polar surface area (TPSA) is 24.3 Å². The predicted octanol–water partition coefficient (Wildman–Crippen LogP) is 1.38. The van der Waals surface area contributed by atoms with E-state index in [-0.39, 0.29) is 0 Å². The lowest BCUT2D eigenvalue weighted by Crippen LogP contribution is -2.48. The van der Waals surface area contributed by atoms with E-state index in [1.807, 2.05) is 12.4 Å². The van der Waals surface area contributed by atoms with Crippen molar-refractivity contribution in [3.8, 4) is 0 Å². The zero-order chi connectivity index (χ0) is 13.1. The molecular formula is C15H26N4. The van der Waals surface area contributed by atoms with Gasteiger partial charge in [-0.2, -0.15) is 0 Å². The summed E-state index contributed by atoms with van der Waals surface area (Å²) in [6.45, 7) is 7.50. The Labute approximate surface area is 116 Å². The summed E-state index contributed by atoms with van der Waals surface area (Å²) >= 11 is 0. The molecule has 4 heteroatoms. The average molecular weight is 262 g/mol. The molecule has 0 radical (unpaired) electrons. The summed E-state index contributed by atoms with van der Waals surface area (Å²) in [7, 11) is 2.08. The number of aryl methyl sites for hydroxylation is 1. The Morgan fingerprint density at radius 2 is 1.89 bits per heavy atom. The van der Waals surface area contributed by atoms with Gasteiger partial charge in [-0.15, -0.1) is 0 Å². The Kier molecular flexibility index (Phi) is 4.18. The average Bonchev–Trinajstić information content (AvgIpc) is 2.78. The second-order valence-electron chi connectivity index (χ2n) is 6.14. The smallest absolute Gasteiger partial charge is 0.109 e. The third-order valence-electron chi connectivity index (χ3n) is 4.78. The zero-order valence-electron chi connectivity index (χ0n) is 12.1. The standard InChI is InChI=1S/C15H26N4/c1-17-8-6-16-15(17)5-7-18-9-11-19(12-10-18)13-14-3-2-4-14/h6,8,14H,2-5,7,9-13H2,1H3. The van der Waals surface area contributed by atoms with Crippen molar-refractivity contribution in [2.24, 2.45) is 13.0 Å². The predicted molar refractivity (Wildman–Crippen MR) is 77.1 cm³/mol. The molecule has 2 aliphatic rings. The van der Waals surface area contributed by atoms with Gasteiger partial charge in [0.25, 0.3) is 0 Å². The molecule has 0 unspecified atom stereocenters. The van der Waals surface area contributed by atoms with Crippen molar-refractivity contribution in [3.63, 3.8) is 0 Å². The lowest BCUT2D eigenvalue weighted by atomic mass is 9.85. The first-order chi connectivity index (χ1) is 9.31. The lowest BCUT2D eigenvalue weighted by molar-refractivity contribution is 0.101. The SMILES string of the molecule is Cn1ccnc1CCN1CCN(CC2CCC2)CC1. The van der Waals surface area contributed by atoms with Crippen LogP contribution in [-0.4, -0.2) is 58.6 Å². The van der Waals surface area contributed by atoms with E-state index in [0.29, 0.717) is 0 Å². The van der Waals surface area contributed by atoms with Crippen molar-refractivity contribution < 1.29 is 0 Å². The molecule has 4 nitrogen and oxygen atoms in total. The van der Waals surface area contributed by atoms with Gasteiger partial charge in [0.05, 0.1) is 0 Å². The van der Waals surface area contributed by atoms with Gasteiger partial charge in [-0.25, -0.2) is 4.98 Å².